The van der Waals surface area contributed by atoms with Gasteiger partial charge >= 0.3 is 0 Å². The molecular formula is C23H23BrN2O3S. The molecule has 7 heteroatoms. The van der Waals surface area contributed by atoms with Gasteiger partial charge in [0.2, 0.25) is 0 Å². The van der Waals surface area contributed by atoms with Crippen molar-refractivity contribution in [2.45, 2.75) is 39.7 Å². The Morgan fingerprint density at radius 3 is 2.47 bits per heavy atom. The summed E-state index contributed by atoms with van der Waals surface area (Å²) in [5.41, 5.74) is 2.49. The van der Waals surface area contributed by atoms with Crippen LogP contribution in [0, 0.1) is 0 Å². The highest BCUT2D eigenvalue weighted by Gasteiger charge is 2.34. The largest absolute Gasteiger partial charge is 0.490 e. The topological polar surface area (TPSA) is 58.6 Å². The summed E-state index contributed by atoms with van der Waals surface area (Å²) in [7, 11) is 0. The number of hydrogen-bond acceptors (Lipinski definition) is 4. The first-order chi connectivity index (χ1) is 14.3. The fourth-order valence-corrected chi connectivity index (χ4v) is 3.71. The Hall–Kier alpha value is -2.51. The van der Waals surface area contributed by atoms with Crippen molar-refractivity contribution in [3.63, 3.8) is 0 Å². The van der Waals surface area contributed by atoms with Crippen LogP contribution in [0.15, 0.2) is 52.5 Å². The summed E-state index contributed by atoms with van der Waals surface area (Å²) in [6.07, 6.45) is 3.43. The summed E-state index contributed by atoms with van der Waals surface area (Å²) >= 11 is 8.75. The van der Waals surface area contributed by atoms with Crippen molar-refractivity contribution in [1.82, 2.24) is 5.32 Å². The summed E-state index contributed by atoms with van der Waals surface area (Å²) in [6.45, 7) is 6.11. The van der Waals surface area contributed by atoms with E-state index in [-0.39, 0.29) is 16.8 Å². The van der Waals surface area contributed by atoms with E-state index in [1.54, 1.807) is 6.08 Å². The first kappa shape index (κ1) is 22.2. The van der Waals surface area contributed by atoms with E-state index >= 15 is 0 Å². The third-order valence-electron chi connectivity index (χ3n) is 4.87. The van der Waals surface area contributed by atoms with Crippen LogP contribution in [-0.2, 0) is 16.0 Å². The van der Waals surface area contributed by atoms with E-state index in [1.165, 1.54) is 4.90 Å². The lowest BCUT2D eigenvalue weighted by Gasteiger charge is -2.29. The molecule has 1 N–H and O–H groups in total. The van der Waals surface area contributed by atoms with E-state index in [2.05, 4.69) is 35.1 Å². The molecule has 3 rings (SSSR count). The van der Waals surface area contributed by atoms with E-state index in [4.69, 9.17) is 17.0 Å². The van der Waals surface area contributed by atoms with Gasteiger partial charge in [-0.05, 0) is 89.4 Å². The van der Waals surface area contributed by atoms with Gasteiger partial charge in [0.05, 0.1) is 16.3 Å². The maximum atomic E-state index is 13.1. The number of aryl methyl sites for hydroxylation is 1. The van der Waals surface area contributed by atoms with Crippen LogP contribution in [0.3, 0.4) is 0 Å². The van der Waals surface area contributed by atoms with Gasteiger partial charge in [0.25, 0.3) is 11.8 Å². The van der Waals surface area contributed by atoms with Crippen molar-refractivity contribution in [1.29, 1.82) is 0 Å². The first-order valence-electron chi connectivity index (χ1n) is 9.80. The first-order valence-corrected chi connectivity index (χ1v) is 11.0. The van der Waals surface area contributed by atoms with Crippen LogP contribution in [0.2, 0.25) is 0 Å². The van der Waals surface area contributed by atoms with Crippen molar-refractivity contribution in [2.24, 2.45) is 0 Å². The molecule has 1 atom stereocenters. The van der Waals surface area contributed by atoms with Gasteiger partial charge in [-0.15, -0.1) is 0 Å². The monoisotopic (exact) mass is 486 g/mol. The molecule has 0 unspecified atom stereocenters. The highest BCUT2D eigenvalue weighted by molar-refractivity contribution is 9.10. The van der Waals surface area contributed by atoms with Crippen LogP contribution in [-0.4, -0.2) is 23.0 Å². The Morgan fingerprint density at radius 1 is 1.17 bits per heavy atom. The molecule has 0 spiro atoms. The van der Waals surface area contributed by atoms with E-state index < -0.39 is 11.8 Å². The van der Waals surface area contributed by atoms with Crippen LogP contribution in [0.4, 0.5) is 5.69 Å². The molecule has 0 aromatic heterocycles. The number of benzene rings is 2. The van der Waals surface area contributed by atoms with Crippen LogP contribution < -0.4 is 15.0 Å². The lowest BCUT2D eigenvalue weighted by Crippen LogP contribution is -2.54. The van der Waals surface area contributed by atoms with Gasteiger partial charge in [0, 0.05) is 0 Å². The maximum absolute atomic E-state index is 13.1. The van der Waals surface area contributed by atoms with Crippen LogP contribution in [0.1, 0.15) is 38.3 Å². The number of thiocarbonyl (C=S) groups is 1. The number of amides is 2. The summed E-state index contributed by atoms with van der Waals surface area (Å²) in [5, 5.41) is 2.68. The molecule has 2 aromatic rings. The van der Waals surface area contributed by atoms with Gasteiger partial charge in [0.15, 0.2) is 5.11 Å². The lowest BCUT2D eigenvalue weighted by atomic mass is 10.1. The van der Waals surface area contributed by atoms with Crippen LogP contribution >= 0.6 is 28.1 Å². The minimum atomic E-state index is -0.512. The van der Waals surface area contributed by atoms with Gasteiger partial charge in [-0.3, -0.25) is 19.8 Å². The average Bonchev–Trinajstić information content (AvgIpc) is 2.73. The van der Waals surface area contributed by atoms with Gasteiger partial charge < -0.3 is 4.74 Å². The Kier molecular flexibility index (Phi) is 7.05. The predicted molar refractivity (Wildman–Crippen MR) is 127 cm³/mol. The fourth-order valence-electron chi connectivity index (χ4n) is 2.94. The van der Waals surface area contributed by atoms with Gasteiger partial charge in [-0.25, -0.2) is 0 Å². The number of anilines is 1. The summed E-state index contributed by atoms with van der Waals surface area (Å²) < 4.78 is 6.60. The lowest BCUT2D eigenvalue weighted by molar-refractivity contribution is -0.122. The molecule has 1 heterocycles. The third-order valence-corrected chi connectivity index (χ3v) is 5.78. The predicted octanol–water partition coefficient (Wildman–Crippen LogP) is 5.02. The number of ether oxygens (including phenoxy) is 1. The van der Waals surface area contributed by atoms with Gasteiger partial charge in [-0.1, -0.05) is 32.0 Å². The molecule has 0 aliphatic carbocycles. The quantitative estimate of drug-likeness (QED) is 0.353. The second kappa shape index (κ2) is 9.53. The molecule has 1 fully saturated rings. The number of nitrogens with zero attached hydrogens (tertiary/aromatic N) is 1. The Balaban J connectivity index is 1.91. The summed E-state index contributed by atoms with van der Waals surface area (Å²) in [4.78, 5) is 26.9. The molecular weight excluding hydrogens is 464 g/mol. The number of hydrogen-bond donors (Lipinski definition) is 1. The highest BCUT2D eigenvalue weighted by Crippen LogP contribution is 2.29. The zero-order chi connectivity index (χ0) is 21.8. The minimum Gasteiger partial charge on any atom is -0.490 e. The molecule has 156 valence electrons. The van der Waals surface area contributed by atoms with E-state index in [0.717, 1.165) is 22.9 Å². The van der Waals surface area contributed by atoms with Crippen molar-refractivity contribution in [3.05, 3.63) is 63.6 Å². The number of carbonyl (C=O) groups is 2. The number of nitrogens with one attached hydrogen (secondary N) is 1. The van der Waals surface area contributed by atoms with Gasteiger partial charge in [-0.2, -0.15) is 0 Å². The van der Waals surface area contributed by atoms with Crippen molar-refractivity contribution >= 4 is 56.8 Å². The summed E-state index contributed by atoms with van der Waals surface area (Å²) in [5.74, 6) is -0.253. The Bertz CT molecular complexity index is 1020. The molecule has 0 bridgehead atoms. The second-order valence-electron chi connectivity index (χ2n) is 7.00. The van der Waals surface area contributed by atoms with E-state index in [1.807, 2.05) is 49.4 Å². The molecule has 5 nitrogen and oxygen atoms in total. The molecule has 1 aliphatic heterocycles. The molecule has 30 heavy (non-hydrogen) atoms. The van der Waals surface area contributed by atoms with E-state index in [9.17, 15) is 9.59 Å². The maximum Gasteiger partial charge on any atom is 0.270 e. The Morgan fingerprint density at radius 2 is 1.87 bits per heavy atom. The molecule has 2 amide bonds. The van der Waals surface area contributed by atoms with E-state index in [0.29, 0.717) is 17.0 Å². The molecule has 1 aliphatic rings. The number of halogens is 1. The van der Waals surface area contributed by atoms with Crippen molar-refractivity contribution < 1.29 is 14.3 Å². The SMILES string of the molecule is CCc1ccc(N2C(=O)/C(=C/c3ccc(O[C@@H](C)CC)c(Br)c3)C(=O)NC2=S)cc1. The number of carbonyl (C=O) groups excluding carboxylic acids is 2. The number of rotatable bonds is 6. The Labute approximate surface area is 190 Å². The molecule has 2 aromatic carbocycles. The van der Waals surface area contributed by atoms with Crippen LogP contribution in [0.25, 0.3) is 6.08 Å². The third kappa shape index (κ3) is 4.79. The fraction of sp³-hybridized carbons (Fsp3) is 0.261. The minimum absolute atomic E-state index is 0.0191. The molecule has 0 saturated carbocycles. The zero-order valence-corrected chi connectivity index (χ0v) is 19.5. The smallest absolute Gasteiger partial charge is 0.270 e. The van der Waals surface area contributed by atoms with Crippen molar-refractivity contribution in [3.8, 4) is 5.75 Å². The average molecular weight is 487 g/mol. The molecule has 1 saturated heterocycles. The zero-order valence-electron chi connectivity index (χ0n) is 17.1. The summed E-state index contributed by atoms with van der Waals surface area (Å²) in [6, 6.07) is 13.0. The normalized spacial score (nSPS) is 16.6. The highest BCUT2D eigenvalue weighted by atomic mass is 79.9. The van der Waals surface area contributed by atoms with Crippen molar-refractivity contribution in [2.75, 3.05) is 4.90 Å². The van der Waals surface area contributed by atoms with Crippen LogP contribution in [0.5, 0.6) is 5.75 Å². The second-order valence-corrected chi connectivity index (χ2v) is 8.25. The standard InChI is InChI=1S/C23H23BrN2O3S/c1-4-14(3)29-20-11-8-16(13-19(20)24)12-18-21(27)25-23(30)26(22(18)28)17-9-6-15(5-2)7-10-17/h6-14H,4-5H2,1-3H3,(H,25,27,30)/b18-12+/t14-/m0/s1. The molecule has 0 radical (unpaired) electrons. The van der Waals surface area contributed by atoms with Gasteiger partial charge in [0.1, 0.15) is 11.3 Å².